The van der Waals surface area contributed by atoms with Gasteiger partial charge in [-0.2, -0.15) is 0 Å². The van der Waals surface area contributed by atoms with Crippen LogP contribution in [0, 0.1) is 40.3 Å². The van der Waals surface area contributed by atoms with Crippen LogP contribution in [0.3, 0.4) is 0 Å². The van der Waals surface area contributed by atoms with E-state index in [1.165, 1.54) is 31.4 Å². The summed E-state index contributed by atoms with van der Waals surface area (Å²) in [4.78, 5) is 17.8. The fraction of sp³-hybridized carbons (Fsp3) is 0.556. The number of rotatable bonds is 2. The van der Waals surface area contributed by atoms with Crippen LogP contribution in [-0.2, 0) is 4.79 Å². The summed E-state index contributed by atoms with van der Waals surface area (Å²) in [5.41, 5.74) is 0.743. The van der Waals surface area contributed by atoms with Crippen molar-refractivity contribution in [2.45, 2.75) is 58.4 Å². The molecule has 168 valence electrons. The number of allylic oxidation sites excluding steroid dienone is 1. The van der Waals surface area contributed by atoms with Crippen LogP contribution >= 0.6 is 0 Å². The zero-order chi connectivity index (χ0) is 22.1. The molecule has 6 rings (SSSR count). The first kappa shape index (κ1) is 20.2. The molecule has 3 saturated carbocycles. The van der Waals surface area contributed by atoms with Crippen molar-refractivity contribution in [3.05, 3.63) is 54.4 Å². The monoisotopic (exact) mass is 433 g/mol. The fourth-order valence-corrected chi connectivity index (χ4v) is 8.24. The minimum Gasteiger partial charge on any atom is -0.328 e. The first-order valence-electron chi connectivity index (χ1n) is 12.2. The summed E-state index contributed by atoms with van der Waals surface area (Å²) in [6.45, 7) is 4.81. The molecule has 1 aliphatic heterocycles. The van der Waals surface area contributed by atoms with Crippen LogP contribution in [0.2, 0.25) is 0 Å². The van der Waals surface area contributed by atoms with Crippen molar-refractivity contribution in [2.24, 2.45) is 34.5 Å². The number of aromatic nitrogens is 2. The summed E-state index contributed by atoms with van der Waals surface area (Å²) < 4.78 is 16.0. The minimum absolute atomic E-state index is 0.00407. The summed E-state index contributed by atoms with van der Waals surface area (Å²) in [6.07, 6.45) is 15.5. The second kappa shape index (κ2) is 7.03. The second-order valence-electron chi connectivity index (χ2n) is 11.0. The highest BCUT2D eigenvalue weighted by Gasteiger charge is 2.61. The van der Waals surface area contributed by atoms with Crippen molar-refractivity contribution in [3.63, 3.8) is 0 Å². The molecule has 0 spiro atoms. The van der Waals surface area contributed by atoms with Crippen LogP contribution in [0.15, 0.2) is 42.7 Å². The van der Waals surface area contributed by atoms with Crippen LogP contribution in [0.1, 0.15) is 64.2 Å². The Balaban J connectivity index is 1.25. The summed E-state index contributed by atoms with van der Waals surface area (Å²) in [7, 11) is 0. The molecule has 0 radical (unpaired) electrons. The van der Waals surface area contributed by atoms with Gasteiger partial charge in [0.2, 0.25) is 5.91 Å². The molecule has 1 amide bonds. The molecule has 5 heteroatoms. The van der Waals surface area contributed by atoms with E-state index in [1.54, 1.807) is 12.1 Å². The van der Waals surface area contributed by atoms with Crippen LogP contribution in [0.5, 0.6) is 0 Å². The van der Waals surface area contributed by atoms with Crippen molar-refractivity contribution in [1.29, 1.82) is 0 Å². The smallest absolute Gasteiger partial charge is 0.228 e. The lowest BCUT2D eigenvalue weighted by Crippen LogP contribution is -2.53. The molecule has 32 heavy (non-hydrogen) atoms. The summed E-state index contributed by atoms with van der Waals surface area (Å²) in [5, 5.41) is 3.02. The van der Waals surface area contributed by atoms with Crippen molar-refractivity contribution in [1.82, 2.24) is 9.55 Å². The molecule has 1 aromatic carbocycles. The summed E-state index contributed by atoms with van der Waals surface area (Å²) >= 11 is 0. The lowest BCUT2D eigenvalue weighted by molar-refractivity contribution is -0.127. The molecule has 1 aromatic heterocycles. The molecule has 7 atom stereocenters. The van der Waals surface area contributed by atoms with E-state index in [4.69, 9.17) is 0 Å². The van der Waals surface area contributed by atoms with Gasteiger partial charge in [-0.15, -0.1) is 0 Å². The van der Waals surface area contributed by atoms with Gasteiger partial charge >= 0.3 is 0 Å². The highest BCUT2D eigenvalue weighted by molar-refractivity contribution is 5.93. The van der Waals surface area contributed by atoms with Crippen molar-refractivity contribution >= 4 is 17.7 Å². The van der Waals surface area contributed by atoms with Gasteiger partial charge in [0.25, 0.3) is 0 Å². The van der Waals surface area contributed by atoms with Crippen molar-refractivity contribution in [2.75, 3.05) is 5.32 Å². The maximum Gasteiger partial charge on any atom is 0.228 e. The molecule has 4 nitrogen and oxygen atoms in total. The summed E-state index contributed by atoms with van der Waals surface area (Å²) in [5.74, 6) is 2.74. The Kier molecular flexibility index (Phi) is 4.44. The van der Waals surface area contributed by atoms with Gasteiger partial charge in [-0.1, -0.05) is 26.0 Å². The Labute approximate surface area is 189 Å². The zero-order valence-electron chi connectivity index (χ0n) is 18.9. The van der Waals surface area contributed by atoms with Gasteiger partial charge in [0.1, 0.15) is 11.6 Å². The Morgan fingerprint density at radius 2 is 2.03 bits per heavy atom. The van der Waals surface area contributed by atoms with E-state index in [-0.39, 0.29) is 28.5 Å². The van der Waals surface area contributed by atoms with E-state index < -0.39 is 0 Å². The lowest BCUT2D eigenvalue weighted by atomic mass is 9.48. The normalized spacial score (nSPS) is 39.5. The second-order valence-corrected chi connectivity index (χ2v) is 11.0. The molecule has 3 fully saturated rings. The van der Waals surface area contributed by atoms with Crippen molar-refractivity contribution < 1.29 is 9.18 Å². The van der Waals surface area contributed by atoms with Crippen LogP contribution in [0.25, 0.3) is 6.08 Å². The third-order valence-electron chi connectivity index (χ3n) is 9.76. The number of anilines is 1. The quantitative estimate of drug-likeness (QED) is 0.623. The first-order valence-corrected chi connectivity index (χ1v) is 12.2. The predicted octanol–water partition coefficient (Wildman–Crippen LogP) is 6.09. The predicted molar refractivity (Wildman–Crippen MR) is 123 cm³/mol. The molecule has 0 saturated heterocycles. The fourth-order valence-electron chi connectivity index (χ4n) is 8.24. The topological polar surface area (TPSA) is 46.9 Å². The largest absolute Gasteiger partial charge is 0.328 e. The van der Waals surface area contributed by atoms with Gasteiger partial charge in [-0.05, 0) is 86.0 Å². The average molecular weight is 434 g/mol. The third-order valence-corrected chi connectivity index (χ3v) is 9.76. The van der Waals surface area contributed by atoms with E-state index in [9.17, 15) is 9.18 Å². The molecule has 2 aromatic rings. The van der Waals surface area contributed by atoms with E-state index >= 15 is 0 Å². The number of carbonyl (C=O) groups is 1. The Bertz CT molecular complexity index is 1090. The minimum atomic E-state index is -0.314. The number of benzene rings is 1. The molecular weight excluding hydrogens is 401 g/mol. The number of nitrogens with one attached hydrogen (secondary N) is 1. The maximum absolute atomic E-state index is 13.6. The lowest BCUT2D eigenvalue weighted by Gasteiger charge is -2.59. The van der Waals surface area contributed by atoms with Gasteiger partial charge in [0.15, 0.2) is 0 Å². The average Bonchev–Trinajstić information content (AvgIpc) is 3.37. The van der Waals surface area contributed by atoms with E-state index in [2.05, 4.69) is 47.1 Å². The van der Waals surface area contributed by atoms with E-state index in [1.807, 2.05) is 6.20 Å². The number of hydrogen-bond donors (Lipinski definition) is 1. The van der Waals surface area contributed by atoms with Gasteiger partial charge in [0, 0.05) is 35.5 Å². The Hall–Kier alpha value is -2.43. The molecule has 1 unspecified atom stereocenters. The van der Waals surface area contributed by atoms with Gasteiger partial charge in [-0.25, -0.2) is 9.37 Å². The first-order chi connectivity index (χ1) is 15.4. The number of imidazole rings is 1. The third kappa shape index (κ3) is 2.79. The molecule has 1 N–H and O–H groups in total. The number of hydrogen-bond acceptors (Lipinski definition) is 2. The van der Waals surface area contributed by atoms with Crippen molar-refractivity contribution in [3.8, 4) is 0 Å². The highest BCUT2D eigenvalue weighted by Crippen LogP contribution is 2.67. The Morgan fingerprint density at radius 1 is 1.16 bits per heavy atom. The SMILES string of the molecule is C[C@]12CC[C@H]3[C@@H](CCC4n5ccnc5C=C[C@@]43C)[C@@H]1CC[C@@H]2C(=O)Nc1cccc(F)c1. The van der Waals surface area contributed by atoms with Crippen LogP contribution in [0.4, 0.5) is 10.1 Å². The molecule has 4 aliphatic rings. The number of fused-ring (bicyclic) bond motifs is 7. The Morgan fingerprint density at radius 3 is 2.88 bits per heavy atom. The standard InChI is InChI=1S/C27H32FN3O/c1-26-12-10-21-19(6-9-23-27(21,2)13-11-24-29-14-15-31(23)24)20(26)7-8-22(26)25(32)30-18-5-3-4-17(28)16-18/h3-5,11,13-16,19-23H,6-10,12H2,1-2H3,(H,30,32)/t19-,20-,21-,22+,23?,26-,27+/m0/s1. The molecule has 3 aliphatic carbocycles. The molecule has 2 heterocycles. The van der Waals surface area contributed by atoms with Crippen LogP contribution < -0.4 is 5.32 Å². The number of carbonyl (C=O) groups excluding carboxylic acids is 1. The van der Waals surface area contributed by atoms with Gasteiger partial charge in [0.05, 0.1) is 0 Å². The molecular formula is C27H32FN3O. The van der Waals surface area contributed by atoms with Gasteiger partial charge < -0.3 is 9.88 Å². The summed E-state index contributed by atoms with van der Waals surface area (Å²) in [6, 6.07) is 6.73. The molecule has 0 bridgehead atoms. The zero-order valence-corrected chi connectivity index (χ0v) is 18.9. The number of halogens is 1. The highest BCUT2D eigenvalue weighted by atomic mass is 19.1. The van der Waals surface area contributed by atoms with E-state index in [0.717, 1.165) is 25.1 Å². The number of nitrogens with zero attached hydrogens (tertiary/aromatic N) is 2. The number of amides is 1. The maximum atomic E-state index is 13.6. The van der Waals surface area contributed by atoms with Crippen LogP contribution in [-0.4, -0.2) is 15.5 Å². The van der Waals surface area contributed by atoms with E-state index in [0.29, 0.717) is 29.5 Å². The van der Waals surface area contributed by atoms with Gasteiger partial charge in [-0.3, -0.25) is 4.79 Å².